The molecule has 0 bridgehead atoms. The molecule has 0 unspecified atom stereocenters. The Balaban J connectivity index is 2.24. The maximum atomic E-state index is 11.4. The van der Waals surface area contributed by atoms with Crippen LogP contribution in [0.3, 0.4) is 0 Å². The van der Waals surface area contributed by atoms with Crippen molar-refractivity contribution in [3.05, 3.63) is 28.8 Å². The second-order valence-corrected chi connectivity index (χ2v) is 5.51. The Labute approximate surface area is 119 Å². The topological polar surface area (TPSA) is 40.5 Å². The van der Waals surface area contributed by atoms with Crippen molar-refractivity contribution in [3.8, 4) is 0 Å². The molecular weight excluding hydrogens is 262 g/mol. The summed E-state index contributed by atoms with van der Waals surface area (Å²) < 4.78 is 0. The van der Waals surface area contributed by atoms with Crippen LogP contribution in [0.15, 0.2) is 18.2 Å². The average Bonchev–Trinajstić information content (AvgIpc) is 2.52. The van der Waals surface area contributed by atoms with Gasteiger partial charge in [-0.25, -0.2) is 4.79 Å². The van der Waals surface area contributed by atoms with E-state index in [0.717, 1.165) is 31.6 Å². The molecule has 1 N–H and O–H groups in total. The Kier molecular flexibility index (Phi) is 5.08. The molecule has 1 fully saturated rings. The fourth-order valence-electron chi connectivity index (χ4n) is 2.62. The van der Waals surface area contributed by atoms with Crippen molar-refractivity contribution < 1.29 is 9.90 Å². The van der Waals surface area contributed by atoms with Gasteiger partial charge in [-0.15, -0.1) is 0 Å². The summed E-state index contributed by atoms with van der Waals surface area (Å²) in [6.45, 7) is 1.86. The second kappa shape index (κ2) is 6.80. The second-order valence-electron chi connectivity index (χ2n) is 5.07. The molecule has 4 heteroatoms. The van der Waals surface area contributed by atoms with Crippen LogP contribution < -0.4 is 4.90 Å². The maximum absolute atomic E-state index is 11.4. The Bertz CT molecular complexity index is 438. The first-order valence-electron chi connectivity index (χ1n) is 6.96. The molecule has 1 aliphatic rings. The monoisotopic (exact) mass is 281 g/mol. The summed E-state index contributed by atoms with van der Waals surface area (Å²) in [6.07, 6.45) is 7.29. The van der Waals surface area contributed by atoms with Gasteiger partial charge in [0.25, 0.3) is 0 Å². The van der Waals surface area contributed by atoms with Crippen molar-refractivity contribution in [2.45, 2.75) is 38.5 Å². The SMILES string of the molecule is O=C(O)c1cc(Cl)ccc1N1CCCCCCCC1. The van der Waals surface area contributed by atoms with Gasteiger partial charge < -0.3 is 10.0 Å². The molecular formula is C15H20ClNO2. The van der Waals surface area contributed by atoms with E-state index < -0.39 is 5.97 Å². The summed E-state index contributed by atoms with van der Waals surface area (Å²) in [5.74, 6) is -0.905. The quantitative estimate of drug-likeness (QED) is 0.883. The molecule has 1 heterocycles. The highest BCUT2D eigenvalue weighted by atomic mass is 35.5. The molecule has 0 amide bonds. The van der Waals surface area contributed by atoms with E-state index in [-0.39, 0.29) is 0 Å². The number of carbonyl (C=O) groups is 1. The number of hydrogen-bond acceptors (Lipinski definition) is 2. The number of benzene rings is 1. The van der Waals surface area contributed by atoms with Crippen LogP contribution in [0.4, 0.5) is 5.69 Å². The van der Waals surface area contributed by atoms with E-state index in [1.807, 2.05) is 6.07 Å². The minimum Gasteiger partial charge on any atom is -0.478 e. The van der Waals surface area contributed by atoms with Gasteiger partial charge >= 0.3 is 5.97 Å². The van der Waals surface area contributed by atoms with Crippen LogP contribution in [0.5, 0.6) is 0 Å². The Morgan fingerprint density at radius 2 is 1.63 bits per heavy atom. The van der Waals surface area contributed by atoms with E-state index in [0.29, 0.717) is 10.6 Å². The lowest BCUT2D eigenvalue weighted by Crippen LogP contribution is -2.27. The molecule has 0 spiro atoms. The zero-order valence-electron chi connectivity index (χ0n) is 11.1. The number of aromatic carboxylic acids is 1. The van der Waals surface area contributed by atoms with Gasteiger partial charge in [0, 0.05) is 18.1 Å². The van der Waals surface area contributed by atoms with Crippen LogP contribution in [0.2, 0.25) is 5.02 Å². The number of anilines is 1. The van der Waals surface area contributed by atoms with Crippen molar-refractivity contribution in [2.75, 3.05) is 18.0 Å². The van der Waals surface area contributed by atoms with Crippen LogP contribution in [0.25, 0.3) is 0 Å². The average molecular weight is 282 g/mol. The van der Waals surface area contributed by atoms with E-state index in [4.69, 9.17) is 11.6 Å². The Morgan fingerprint density at radius 3 is 2.21 bits per heavy atom. The molecule has 1 aromatic rings. The molecule has 0 aromatic heterocycles. The number of hydrogen-bond donors (Lipinski definition) is 1. The van der Waals surface area contributed by atoms with Crippen LogP contribution in [-0.4, -0.2) is 24.2 Å². The number of carboxylic acids is 1. The molecule has 3 nitrogen and oxygen atoms in total. The lowest BCUT2D eigenvalue weighted by Gasteiger charge is -2.26. The van der Waals surface area contributed by atoms with Crippen molar-refractivity contribution in [1.29, 1.82) is 0 Å². The highest BCUT2D eigenvalue weighted by Gasteiger charge is 2.16. The number of nitrogens with zero attached hydrogens (tertiary/aromatic N) is 1. The summed E-state index contributed by atoms with van der Waals surface area (Å²) >= 11 is 5.90. The summed E-state index contributed by atoms with van der Waals surface area (Å²) in [5, 5.41) is 9.79. The summed E-state index contributed by atoms with van der Waals surface area (Å²) in [6, 6.07) is 5.16. The normalized spacial score (nSPS) is 17.4. The van der Waals surface area contributed by atoms with Crippen LogP contribution in [0, 0.1) is 0 Å². The lowest BCUT2D eigenvalue weighted by atomic mass is 10.1. The minimum atomic E-state index is -0.905. The molecule has 1 aliphatic heterocycles. The Hall–Kier alpha value is -1.22. The van der Waals surface area contributed by atoms with Crippen LogP contribution in [-0.2, 0) is 0 Å². The highest BCUT2D eigenvalue weighted by molar-refractivity contribution is 6.31. The van der Waals surface area contributed by atoms with Gasteiger partial charge in [0.2, 0.25) is 0 Å². The minimum absolute atomic E-state index is 0.312. The maximum Gasteiger partial charge on any atom is 0.337 e. The zero-order valence-corrected chi connectivity index (χ0v) is 11.8. The Morgan fingerprint density at radius 1 is 1.05 bits per heavy atom. The first-order valence-corrected chi connectivity index (χ1v) is 7.34. The number of carboxylic acid groups (broad SMARTS) is 1. The van der Waals surface area contributed by atoms with Gasteiger partial charge in [0.05, 0.1) is 11.3 Å². The highest BCUT2D eigenvalue weighted by Crippen LogP contribution is 2.26. The molecule has 104 valence electrons. The number of rotatable bonds is 2. The van der Waals surface area contributed by atoms with E-state index >= 15 is 0 Å². The van der Waals surface area contributed by atoms with Crippen LogP contribution >= 0.6 is 11.6 Å². The van der Waals surface area contributed by atoms with E-state index in [2.05, 4.69) is 4.90 Å². The van der Waals surface area contributed by atoms with Gasteiger partial charge in [-0.05, 0) is 31.0 Å². The summed E-state index contributed by atoms with van der Waals surface area (Å²) in [5.41, 5.74) is 1.12. The number of halogens is 1. The van der Waals surface area contributed by atoms with Gasteiger partial charge in [-0.3, -0.25) is 0 Å². The predicted molar refractivity (Wildman–Crippen MR) is 78.3 cm³/mol. The lowest BCUT2D eigenvalue weighted by molar-refractivity contribution is 0.0697. The fourth-order valence-corrected chi connectivity index (χ4v) is 2.79. The first-order chi connectivity index (χ1) is 9.18. The molecule has 2 rings (SSSR count). The van der Waals surface area contributed by atoms with E-state index in [1.165, 1.54) is 25.7 Å². The van der Waals surface area contributed by atoms with Crippen molar-refractivity contribution in [1.82, 2.24) is 0 Å². The fraction of sp³-hybridized carbons (Fsp3) is 0.533. The van der Waals surface area contributed by atoms with E-state index in [9.17, 15) is 9.90 Å². The largest absolute Gasteiger partial charge is 0.478 e. The molecule has 1 aromatic carbocycles. The van der Waals surface area contributed by atoms with E-state index in [1.54, 1.807) is 12.1 Å². The van der Waals surface area contributed by atoms with Gasteiger partial charge in [-0.1, -0.05) is 37.3 Å². The third-order valence-electron chi connectivity index (χ3n) is 3.64. The van der Waals surface area contributed by atoms with Gasteiger partial charge in [0.15, 0.2) is 0 Å². The van der Waals surface area contributed by atoms with Crippen molar-refractivity contribution in [3.63, 3.8) is 0 Å². The molecule has 0 saturated carbocycles. The molecule has 1 saturated heterocycles. The van der Waals surface area contributed by atoms with Gasteiger partial charge in [-0.2, -0.15) is 0 Å². The summed E-state index contributed by atoms with van der Waals surface area (Å²) in [4.78, 5) is 13.6. The third-order valence-corrected chi connectivity index (χ3v) is 3.87. The third kappa shape index (κ3) is 3.87. The molecule has 0 aliphatic carbocycles. The molecule has 19 heavy (non-hydrogen) atoms. The van der Waals surface area contributed by atoms with Crippen molar-refractivity contribution in [2.24, 2.45) is 0 Å². The standard InChI is InChI=1S/C15H20ClNO2/c16-12-7-8-14(13(11-12)15(18)19)17-9-5-3-1-2-4-6-10-17/h7-8,11H,1-6,9-10H2,(H,18,19). The smallest absolute Gasteiger partial charge is 0.337 e. The summed E-state index contributed by atoms with van der Waals surface area (Å²) in [7, 11) is 0. The zero-order chi connectivity index (χ0) is 13.7. The van der Waals surface area contributed by atoms with Crippen molar-refractivity contribution >= 4 is 23.3 Å². The molecule has 0 atom stereocenters. The van der Waals surface area contributed by atoms with Gasteiger partial charge in [0.1, 0.15) is 0 Å². The van der Waals surface area contributed by atoms with Crippen LogP contribution in [0.1, 0.15) is 48.9 Å². The predicted octanol–water partition coefficient (Wildman–Crippen LogP) is 4.20. The molecule has 0 radical (unpaired) electrons. The first kappa shape index (κ1) is 14.2.